The molecule has 0 amide bonds. The number of anilines is 1. The maximum atomic E-state index is 10.8. The molecule has 1 heterocycles. The van der Waals surface area contributed by atoms with E-state index in [1.54, 1.807) is 0 Å². The lowest BCUT2D eigenvalue weighted by Gasteiger charge is -2.21. The van der Waals surface area contributed by atoms with Gasteiger partial charge in [0, 0.05) is 18.8 Å². The molecule has 0 bridgehead atoms. The van der Waals surface area contributed by atoms with Gasteiger partial charge in [0.15, 0.2) is 0 Å². The van der Waals surface area contributed by atoms with E-state index < -0.39 is 5.97 Å². The third kappa shape index (κ3) is 2.60. The highest BCUT2D eigenvalue weighted by molar-refractivity contribution is 5.73. The normalized spacial score (nSPS) is 14.2. The molecule has 0 spiro atoms. The lowest BCUT2D eigenvalue weighted by molar-refractivity contribution is -0.136. The lowest BCUT2D eigenvalue weighted by atomic mass is 10.0. The van der Waals surface area contributed by atoms with E-state index in [1.165, 1.54) is 11.3 Å². The van der Waals surface area contributed by atoms with Gasteiger partial charge in [0.25, 0.3) is 0 Å². The van der Waals surface area contributed by atoms with Crippen LogP contribution < -0.4 is 4.90 Å². The number of carboxylic acid groups (broad SMARTS) is 1. The summed E-state index contributed by atoms with van der Waals surface area (Å²) in [7, 11) is 0. The molecule has 0 aliphatic carbocycles. The lowest BCUT2D eigenvalue weighted by Crippen LogP contribution is -2.25. The Bertz CT molecular complexity index is 426. The number of hydrogen-bond acceptors (Lipinski definition) is 2. The van der Waals surface area contributed by atoms with Crippen LogP contribution in [0.1, 0.15) is 25.0 Å². The summed E-state index contributed by atoms with van der Waals surface area (Å²) >= 11 is 0. The molecule has 1 aromatic carbocycles. The standard InChI is InChI=1S/C14H19NO2/c1-10(2)9-15-7-6-12-11(8-14(16)17)4-3-5-13(12)15/h3-5,10H,6-9H2,1-2H3,(H,16,17). The van der Waals surface area contributed by atoms with Crippen molar-refractivity contribution in [2.75, 3.05) is 18.0 Å². The molecule has 0 atom stereocenters. The van der Waals surface area contributed by atoms with Gasteiger partial charge in [0.1, 0.15) is 0 Å². The molecule has 1 aromatic rings. The predicted octanol–water partition coefficient (Wildman–Crippen LogP) is 2.33. The van der Waals surface area contributed by atoms with Crippen molar-refractivity contribution in [2.45, 2.75) is 26.7 Å². The molecule has 1 N–H and O–H groups in total. The third-order valence-corrected chi connectivity index (χ3v) is 3.15. The molecule has 1 aliphatic heterocycles. The number of fused-ring (bicyclic) bond motifs is 1. The molecule has 0 aromatic heterocycles. The van der Waals surface area contributed by atoms with Crippen LogP contribution >= 0.6 is 0 Å². The Morgan fingerprint density at radius 1 is 1.47 bits per heavy atom. The molecule has 0 fully saturated rings. The highest BCUT2D eigenvalue weighted by Gasteiger charge is 2.22. The van der Waals surface area contributed by atoms with Gasteiger partial charge in [-0.3, -0.25) is 4.79 Å². The zero-order valence-corrected chi connectivity index (χ0v) is 10.4. The van der Waals surface area contributed by atoms with E-state index in [-0.39, 0.29) is 6.42 Å². The third-order valence-electron chi connectivity index (χ3n) is 3.15. The molecular formula is C14H19NO2. The van der Waals surface area contributed by atoms with E-state index in [0.29, 0.717) is 5.92 Å². The van der Waals surface area contributed by atoms with Crippen LogP contribution in [0.4, 0.5) is 5.69 Å². The number of rotatable bonds is 4. The molecule has 0 saturated carbocycles. The molecule has 17 heavy (non-hydrogen) atoms. The minimum absolute atomic E-state index is 0.138. The van der Waals surface area contributed by atoms with Gasteiger partial charge < -0.3 is 10.0 Å². The summed E-state index contributed by atoms with van der Waals surface area (Å²) in [6.07, 6.45) is 1.12. The van der Waals surface area contributed by atoms with E-state index in [9.17, 15) is 4.79 Å². The van der Waals surface area contributed by atoms with Crippen LogP contribution in [0.2, 0.25) is 0 Å². The van der Waals surface area contributed by atoms with Crippen LogP contribution in [-0.2, 0) is 17.6 Å². The Kier molecular flexibility index (Phi) is 3.36. The van der Waals surface area contributed by atoms with Gasteiger partial charge in [-0.1, -0.05) is 26.0 Å². The summed E-state index contributed by atoms with van der Waals surface area (Å²) in [5, 5.41) is 8.90. The molecular weight excluding hydrogens is 214 g/mol. The molecule has 1 aliphatic rings. The van der Waals surface area contributed by atoms with Gasteiger partial charge in [-0.25, -0.2) is 0 Å². The molecule has 92 valence electrons. The van der Waals surface area contributed by atoms with Crippen molar-refractivity contribution in [3.05, 3.63) is 29.3 Å². The molecule has 0 radical (unpaired) electrons. The van der Waals surface area contributed by atoms with Gasteiger partial charge in [-0.05, 0) is 29.5 Å². The number of carbonyl (C=O) groups is 1. The van der Waals surface area contributed by atoms with Gasteiger partial charge in [-0.2, -0.15) is 0 Å². The fourth-order valence-electron chi connectivity index (χ4n) is 2.53. The SMILES string of the molecule is CC(C)CN1CCc2c(CC(=O)O)cccc21. The van der Waals surface area contributed by atoms with Gasteiger partial charge in [0.2, 0.25) is 0 Å². The first kappa shape index (κ1) is 12.0. The first-order valence-corrected chi connectivity index (χ1v) is 6.15. The van der Waals surface area contributed by atoms with Crippen molar-refractivity contribution < 1.29 is 9.90 Å². The second-order valence-corrected chi connectivity index (χ2v) is 5.08. The quantitative estimate of drug-likeness (QED) is 0.867. The Morgan fingerprint density at radius 3 is 2.88 bits per heavy atom. The monoisotopic (exact) mass is 233 g/mol. The number of carboxylic acids is 1. The second-order valence-electron chi connectivity index (χ2n) is 5.08. The van der Waals surface area contributed by atoms with Crippen molar-refractivity contribution in [3.8, 4) is 0 Å². The maximum Gasteiger partial charge on any atom is 0.307 e. The summed E-state index contributed by atoms with van der Waals surface area (Å²) in [4.78, 5) is 13.2. The molecule has 3 heteroatoms. The number of aliphatic carboxylic acids is 1. The van der Waals surface area contributed by atoms with E-state index in [4.69, 9.17) is 5.11 Å². The molecule has 2 rings (SSSR count). The number of hydrogen-bond donors (Lipinski definition) is 1. The van der Waals surface area contributed by atoms with Gasteiger partial charge in [0.05, 0.1) is 6.42 Å². The van der Waals surface area contributed by atoms with Crippen LogP contribution in [0.5, 0.6) is 0 Å². The van der Waals surface area contributed by atoms with Crippen molar-refractivity contribution in [1.82, 2.24) is 0 Å². The highest BCUT2D eigenvalue weighted by atomic mass is 16.4. The van der Waals surface area contributed by atoms with E-state index in [1.807, 2.05) is 12.1 Å². The summed E-state index contributed by atoms with van der Waals surface area (Å²) in [5.74, 6) is -0.121. The van der Waals surface area contributed by atoms with Gasteiger partial charge in [-0.15, -0.1) is 0 Å². The van der Waals surface area contributed by atoms with Crippen LogP contribution in [0.3, 0.4) is 0 Å². The average Bonchev–Trinajstić information content (AvgIpc) is 2.61. The molecule has 3 nitrogen and oxygen atoms in total. The van der Waals surface area contributed by atoms with Crippen LogP contribution in [-0.4, -0.2) is 24.2 Å². The number of nitrogens with zero attached hydrogens (tertiary/aromatic N) is 1. The molecule has 0 unspecified atom stereocenters. The Morgan fingerprint density at radius 2 is 2.24 bits per heavy atom. The maximum absolute atomic E-state index is 10.8. The van der Waals surface area contributed by atoms with Crippen LogP contribution in [0.15, 0.2) is 18.2 Å². The highest BCUT2D eigenvalue weighted by Crippen LogP contribution is 2.31. The summed E-state index contributed by atoms with van der Waals surface area (Å²) in [5.41, 5.74) is 3.44. The van der Waals surface area contributed by atoms with Gasteiger partial charge >= 0.3 is 5.97 Å². The zero-order chi connectivity index (χ0) is 12.4. The topological polar surface area (TPSA) is 40.5 Å². The Hall–Kier alpha value is -1.51. The summed E-state index contributed by atoms with van der Waals surface area (Å²) in [6, 6.07) is 6.01. The van der Waals surface area contributed by atoms with E-state index in [0.717, 1.165) is 25.1 Å². The second kappa shape index (κ2) is 4.78. The summed E-state index contributed by atoms with van der Waals surface area (Å²) in [6.45, 7) is 6.48. The Labute approximate surface area is 102 Å². The molecule has 0 saturated heterocycles. The van der Waals surface area contributed by atoms with Crippen molar-refractivity contribution >= 4 is 11.7 Å². The van der Waals surface area contributed by atoms with E-state index >= 15 is 0 Å². The minimum atomic E-state index is -0.749. The first-order chi connectivity index (χ1) is 8.08. The minimum Gasteiger partial charge on any atom is -0.481 e. The zero-order valence-electron chi connectivity index (χ0n) is 10.4. The van der Waals surface area contributed by atoms with Crippen molar-refractivity contribution in [1.29, 1.82) is 0 Å². The van der Waals surface area contributed by atoms with Crippen LogP contribution in [0.25, 0.3) is 0 Å². The van der Waals surface area contributed by atoms with Crippen molar-refractivity contribution in [2.24, 2.45) is 5.92 Å². The Balaban J connectivity index is 2.25. The number of benzene rings is 1. The van der Waals surface area contributed by atoms with Crippen LogP contribution in [0, 0.1) is 5.92 Å². The fourth-order valence-corrected chi connectivity index (χ4v) is 2.53. The average molecular weight is 233 g/mol. The van der Waals surface area contributed by atoms with E-state index in [2.05, 4.69) is 24.8 Å². The largest absolute Gasteiger partial charge is 0.481 e. The first-order valence-electron chi connectivity index (χ1n) is 6.15. The summed E-state index contributed by atoms with van der Waals surface area (Å²) < 4.78 is 0. The smallest absolute Gasteiger partial charge is 0.307 e. The van der Waals surface area contributed by atoms with Crippen molar-refractivity contribution in [3.63, 3.8) is 0 Å². The predicted molar refractivity (Wildman–Crippen MR) is 68.5 cm³/mol. The fraction of sp³-hybridized carbons (Fsp3) is 0.500.